The first-order valence-corrected chi connectivity index (χ1v) is 13.7. The monoisotopic (exact) mass is 577 g/mol. The Kier molecular flexibility index (Phi) is 10.5. The van der Waals surface area contributed by atoms with Gasteiger partial charge in [0.15, 0.2) is 11.5 Å². The Morgan fingerprint density at radius 1 is 1.12 bits per heavy atom. The molecule has 5 rings (SSSR count). The first kappa shape index (κ1) is 29.8. The molecule has 1 aromatic heterocycles. The Morgan fingerprint density at radius 2 is 1.93 bits per heavy atom. The van der Waals surface area contributed by atoms with Crippen LogP contribution < -0.4 is 25.8 Å². The van der Waals surface area contributed by atoms with E-state index in [1.807, 2.05) is 18.2 Å². The van der Waals surface area contributed by atoms with Crippen molar-refractivity contribution in [2.24, 2.45) is 11.6 Å². The lowest BCUT2D eigenvalue weighted by Crippen LogP contribution is -2.32. The summed E-state index contributed by atoms with van der Waals surface area (Å²) in [6.45, 7) is 2.55. The first-order chi connectivity index (χ1) is 19.9. The molecule has 0 bridgehead atoms. The van der Waals surface area contributed by atoms with Crippen LogP contribution in [0, 0.1) is 0 Å². The minimum Gasteiger partial charge on any atom is -0.493 e. The number of nitrogens with two attached hydrogens (primary N) is 2. The number of para-hydroxylation sites is 1. The molecule has 1 atom stereocenters. The minimum absolute atomic E-state index is 0.0988. The van der Waals surface area contributed by atoms with Gasteiger partial charge in [-0.3, -0.25) is 9.69 Å². The van der Waals surface area contributed by atoms with E-state index in [0.29, 0.717) is 31.1 Å². The molecule has 10 heteroatoms. The third kappa shape index (κ3) is 7.52. The zero-order chi connectivity index (χ0) is 29.2. The molecule has 9 nitrogen and oxygen atoms in total. The van der Waals surface area contributed by atoms with E-state index in [-0.39, 0.29) is 6.04 Å². The van der Waals surface area contributed by atoms with Gasteiger partial charge in [-0.05, 0) is 67.1 Å². The summed E-state index contributed by atoms with van der Waals surface area (Å²) < 4.78 is 16.1. The molecule has 216 valence electrons. The molecule has 1 aliphatic rings. The third-order valence-electron chi connectivity index (χ3n) is 6.86. The van der Waals surface area contributed by atoms with Crippen molar-refractivity contribution < 1.29 is 19.0 Å². The molecule has 41 heavy (non-hydrogen) atoms. The number of nitrogens with zero attached hydrogens (tertiary/aromatic N) is 2. The molecular formula is C31H36ClN5O4. The number of hydrogen-bond acceptors (Lipinski definition) is 8. The zero-order valence-electron chi connectivity index (χ0n) is 23.3. The van der Waals surface area contributed by atoms with Crippen molar-refractivity contribution in [3.05, 3.63) is 101 Å². The van der Waals surface area contributed by atoms with Crippen molar-refractivity contribution in [2.45, 2.75) is 18.9 Å². The molecule has 0 fully saturated rings. The highest BCUT2D eigenvalue weighted by molar-refractivity contribution is 6.31. The Morgan fingerprint density at radius 3 is 2.66 bits per heavy atom. The molecule has 4 aromatic rings. The van der Waals surface area contributed by atoms with Crippen LogP contribution >= 0.6 is 11.6 Å². The van der Waals surface area contributed by atoms with E-state index in [9.17, 15) is 4.79 Å². The Bertz CT molecular complexity index is 1460. The van der Waals surface area contributed by atoms with Crippen molar-refractivity contribution in [3.63, 3.8) is 0 Å². The number of nitrogens with one attached hydrogen (secondary N) is 1. The smallest absolute Gasteiger partial charge is 0.298 e. The predicted octanol–water partition coefficient (Wildman–Crippen LogP) is 5.00. The maximum absolute atomic E-state index is 9.75. The molecule has 0 aliphatic carbocycles. The highest BCUT2D eigenvalue weighted by Gasteiger charge is 2.30. The number of hydrogen-bond donors (Lipinski definition) is 3. The SMILES string of the molecule is COc1cc(C2c3[nH]c4ccc(Cl)cc4c3CCN2C)ccc1OCCCN(N)/C=C\N.O=COc1ccccc1. The van der Waals surface area contributed by atoms with Crippen molar-refractivity contribution >= 4 is 29.0 Å². The lowest BCUT2D eigenvalue weighted by Gasteiger charge is -2.33. The Hall–Kier alpha value is -4.18. The Labute approximate surface area is 245 Å². The van der Waals surface area contributed by atoms with Gasteiger partial charge in [0, 0.05) is 53.5 Å². The molecular weight excluding hydrogens is 542 g/mol. The number of aromatic nitrogens is 1. The number of methoxy groups -OCH3 is 1. The van der Waals surface area contributed by atoms with Gasteiger partial charge in [0.1, 0.15) is 5.75 Å². The van der Waals surface area contributed by atoms with Crippen molar-refractivity contribution in [3.8, 4) is 17.2 Å². The van der Waals surface area contributed by atoms with E-state index in [1.54, 1.807) is 37.6 Å². The summed E-state index contributed by atoms with van der Waals surface area (Å²) >= 11 is 6.27. The Balaban J connectivity index is 0.000000367. The van der Waals surface area contributed by atoms with Crippen LogP contribution in [-0.4, -0.2) is 55.2 Å². The molecule has 1 unspecified atom stereocenters. The number of ether oxygens (including phenoxy) is 3. The lowest BCUT2D eigenvalue weighted by atomic mass is 9.92. The van der Waals surface area contributed by atoms with Gasteiger partial charge in [-0.1, -0.05) is 35.9 Å². The van der Waals surface area contributed by atoms with Gasteiger partial charge in [0.25, 0.3) is 6.47 Å². The summed E-state index contributed by atoms with van der Waals surface area (Å²) in [6, 6.07) is 21.2. The van der Waals surface area contributed by atoms with E-state index in [0.717, 1.165) is 41.2 Å². The molecule has 3 aromatic carbocycles. The van der Waals surface area contributed by atoms with E-state index in [2.05, 4.69) is 45.9 Å². The van der Waals surface area contributed by atoms with Crippen LogP contribution in [-0.2, 0) is 11.2 Å². The molecule has 1 aliphatic heterocycles. The topological polar surface area (TPSA) is 119 Å². The number of halogens is 1. The molecule has 0 radical (unpaired) electrons. The predicted molar refractivity (Wildman–Crippen MR) is 162 cm³/mol. The lowest BCUT2D eigenvalue weighted by molar-refractivity contribution is -0.120. The van der Waals surface area contributed by atoms with E-state index in [1.165, 1.54) is 27.9 Å². The summed E-state index contributed by atoms with van der Waals surface area (Å²) in [4.78, 5) is 15.7. The van der Waals surface area contributed by atoms with Crippen molar-refractivity contribution in [2.75, 3.05) is 33.9 Å². The van der Waals surface area contributed by atoms with Crippen LogP contribution in [0.1, 0.15) is 29.3 Å². The molecule has 0 amide bonds. The van der Waals surface area contributed by atoms with Crippen LogP contribution in [0.2, 0.25) is 5.02 Å². The minimum atomic E-state index is 0.0988. The highest BCUT2D eigenvalue weighted by atomic mass is 35.5. The quantitative estimate of drug-likeness (QED) is 0.104. The van der Waals surface area contributed by atoms with E-state index < -0.39 is 0 Å². The molecule has 0 saturated heterocycles. The van der Waals surface area contributed by atoms with Gasteiger partial charge < -0.3 is 29.9 Å². The molecule has 5 N–H and O–H groups in total. The van der Waals surface area contributed by atoms with Gasteiger partial charge in [-0.2, -0.15) is 0 Å². The second kappa shape index (κ2) is 14.5. The first-order valence-electron chi connectivity index (χ1n) is 13.3. The number of H-pyrrole nitrogens is 1. The standard InChI is InChI=1S/C24H30ClN5O2.C7H6O2/c1-29-11-8-18-19-15-17(25)5-6-20(19)28-23(18)24(29)16-4-7-21(22(14-16)31-2)32-13-3-10-30(27)12-9-26;8-6-9-7-4-2-1-3-5-7/h4-7,9,12,14-15,24,28H,3,8,10-11,13,26-27H2,1-2H3;1-6H/b12-9-;. The largest absolute Gasteiger partial charge is 0.493 e. The third-order valence-corrected chi connectivity index (χ3v) is 7.09. The number of fused-ring (bicyclic) bond motifs is 3. The number of rotatable bonds is 10. The number of hydrazine groups is 1. The van der Waals surface area contributed by atoms with Crippen LogP contribution in [0.25, 0.3) is 10.9 Å². The maximum Gasteiger partial charge on any atom is 0.298 e. The van der Waals surface area contributed by atoms with Crippen LogP contribution in [0.4, 0.5) is 0 Å². The summed E-state index contributed by atoms with van der Waals surface area (Å²) in [6.07, 6.45) is 4.79. The fourth-order valence-electron chi connectivity index (χ4n) is 4.94. The van der Waals surface area contributed by atoms with E-state index in [4.69, 9.17) is 32.7 Å². The van der Waals surface area contributed by atoms with Gasteiger partial charge in [-0.15, -0.1) is 0 Å². The summed E-state index contributed by atoms with van der Waals surface area (Å²) in [5.41, 5.74) is 10.2. The average Bonchev–Trinajstić information content (AvgIpc) is 3.34. The second-order valence-electron chi connectivity index (χ2n) is 9.56. The molecule has 2 heterocycles. The number of carbonyl (C=O) groups is 1. The molecule has 0 spiro atoms. The van der Waals surface area contributed by atoms with E-state index >= 15 is 0 Å². The fourth-order valence-corrected chi connectivity index (χ4v) is 5.12. The van der Waals surface area contributed by atoms with Crippen LogP contribution in [0.3, 0.4) is 0 Å². The highest BCUT2D eigenvalue weighted by Crippen LogP contribution is 2.40. The van der Waals surface area contributed by atoms with Gasteiger partial charge in [-0.25, -0.2) is 5.84 Å². The number of aromatic amines is 1. The summed E-state index contributed by atoms with van der Waals surface area (Å²) in [5.74, 6) is 7.79. The van der Waals surface area contributed by atoms with Crippen molar-refractivity contribution in [1.82, 2.24) is 14.9 Å². The fraction of sp³-hybridized carbons (Fsp3) is 0.258. The normalized spacial score (nSPS) is 14.7. The van der Waals surface area contributed by atoms with Gasteiger partial charge in [0.05, 0.1) is 19.8 Å². The number of carbonyl (C=O) groups excluding carboxylic acids is 1. The number of benzene rings is 3. The van der Waals surface area contributed by atoms with Crippen molar-refractivity contribution in [1.29, 1.82) is 0 Å². The van der Waals surface area contributed by atoms with Crippen LogP contribution in [0.5, 0.6) is 17.2 Å². The van der Waals surface area contributed by atoms with Crippen LogP contribution in [0.15, 0.2) is 79.1 Å². The second-order valence-corrected chi connectivity index (χ2v) is 10.00. The zero-order valence-corrected chi connectivity index (χ0v) is 24.0. The van der Waals surface area contributed by atoms with Gasteiger partial charge in [0.2, 0.25) is 0 Å². The summed E-state index contributed by atoms with van der Waals surface area (Å²) in [5, 5.41) is 3.50. The van der Waals surface area contributed by atoms with Gasteiger partial charge >= 0.3 is 0 Å². The maximum atomic E-state index is 9.75. The average molecular weight is 578 g/mol. The number of likely N-dealkylation sites (N-methyl/N-ethyl adjacent to an activating group) is 1. The molecule has 0 saturated carbocycles. The summed E-state index contributed by atoms with van der Waals surface area (Å²) in [7, 11) is 3.82.